The van der Waals surface area contributed by atoms with Gasteiger partial charge in [-0.1, -0.05) is 13.0 Å². The van der Waals surface area contributed by atoms with Gasteiger partial charge in [-0.25, -0.2) is 0 Å². The first-order chi connectivity index (χ1) is 5.31. The van der Waals surface area contributed by atoms with E-state index in [-0.39, 0.29) is 0 Å². The highest BCUT2D eigenvalue weighted by atomic mass is 32.2. The summed E-state index contributed by atoms with van der Waals surface area (Å²) in [6.45, 7) is 4.15. The normalized spacial score (nSPS) is 14.8. The lowest BCUT2D eigenvalue weighted by Crippen LogP contribution is -1.90. The highest BCUT2D eigenvalue weighted by Crippen LogP contribution is 2.07. The van der Waals surface area contributed by atoms with Gasteiger partial charge in [0.1, 0.15) is 0 Å². The molecule has 1 nitrogen and oxygen atoms in total. The molecule has 0 saturated carbocycles. The second-order valence-electron chi connectivity index (χ2n) is 2.51. The predicted molar refractivity (Wildman–Crippen MR) is 55.5 cm³/mol. The molecule has 0 amide bonds. The van der Waals surface area contributed by atoms with Crippen molar-refractivity contribution in [2.45, 2.75) is 20.3 Å². The summed E-state index contributed by atoms with van der Waals surface area (Å²) in [5.74, 6) is 1.90. The van der Waals surface area contributed by atoms with Crippen molar-refractivity contribution < 1.29 is 0 Å². The molecule has 0 rings (SSSR count). The molecule has 0 aliphatic rings. The maximum absolute atomic E-state index is 4.01. The average Bonchev–Trinajstić information content (AvgIpc) is 2.01. The predicted octanol–water partition coefficient (Wildman–Crippen LogP) is 2.98. The van der Waals surface area contributed by atoms with Crippen molar-refractivity contribution in [1.82, 2.24) is 0 Å². The quantitative estimate of drug-likeness (QED) is 0.579. The van der Waals surface area contributed by atoms with Gasteiger partial charge in [0.25, 0.3) is 0 Å². The van der Waals surface area contributed by atoms with E-state index in [2.05, 4.69) is 24.2 Å². The van der Waals surface area contributed by atoms with Crippen molar-refractivity contribution in [3.05, 3.63) is 12.3 Å². The van der Waals surface area contributed by atoms with E-state index >= 15 is 0 Å². The largest absolute Gasteiger partial charge is 0.270 e. The number of hydrogen-bond donors (Lipinski definition) is 0. The number of rotatable bonds is 5. The Hall–Kier alpha value is -0.240. The first-order valence-corrected chi connectivity index (χ1v) is 5.34. The van der Waals surface area contributed by atoms with E-state index in [1.165, 1.54) is 12.2 Å². The summed E-state index contributed by atoms with van der Waals surface area (Å²) >= 11 is 1.90. The molecule has 0 aliphatic carbocycles. The summed E-state index contributed by atoms with van der Waals surface area (Å²) in [7, 11) is 0. The Balaban J connectivity index is 3.42. The van der Waals surface area contributed by atoms with Crippen LogP contribution < -0.4 is 0 Å². The maximum Gasteiger partial charge on any atom is 0.0226 e. The molecule has 64 valence electrons. The lowest BCUT2D eigenvalue weighted by atomic mass is 10.1. The standard InChI is InChI=1S/C9H17NS/c1-4-10-7-5-9(2)6-8-11-3/h4-5,7,9H,6,8H2,1-3H3/b7-5-,10-4-. The molecule has 11 heavy (non-hydrogen) atoms. The second kappa shape index (κ2) is 7.86. The monoisotopic (exact) mass is 171 g/mol. The van der Waals surface area contributed by atoms with Gasteiger partial charge < -0.3 is 0 Å². The van der Waals surface area contributed by atoms with Gasteiger partial charge in [-0.05, 0) is 31.3 Å². The third-order valence-corrected chi connectivity index (χ3v) is 2.07. The van der Waals surface area contributed by atoms with Crippen molar-refractivity contribution in [2.75, 3.05) is 12.0 Å². The van der Waals surface area contributed by atoms with E-state index in [1.54, 1.807) is 6.21 Å². The van der Waals surface area contributed by atoms with Crippen molar-refractivity contribution >= 4 is 18.0 Å². The van der Waals surface area contributed by atoms with Crippen LogP contribution in [-0.2, 0) is 0 Å². The Morgan fingerprint density at radius 1 is 1.55 bits per heavy atom. The van der Waals surface area contributed by atoms with Gasteiger partial charge in [0.05, 0.1) is 0 Å². The Morgan fingerprint density at radius 3 is 2.82 bits per heavy atom. The van der Waals surface area contributed by atoms with Crippen LogP contribution >= 0.6 is 11.8 Å². The van der Waals surface area contributed by atoms with Crippen molar-refractivity contribution in [3.8, 4) is 0 Å². The molecule has 0 saturated heterocycles. The summed E-state index contributed by atoms with van der Waals surface area (Å²) in [6.07, 6.45) is 9.22. The van der Waals surface area contributed by atoms with Crippen LogP contribution in [0.5, 0.6) is 0 Å². The zero-order valence-corrected chi connectivity index (χ0v) is 8.40. The number of aliphatic imine (C=N–C) groups is 1. The van der Waals surface area contributed by atoms with Gasteiger partial charge in [-0.3, -0.25) is 4.99 Å². The molecular weight excluding hydrogens is 154 g/mol. The van der Waals surface area contributed by atoms with Gasteiger partial charge in [-0.15, -0.1) is 0 Å². The van der Waals surface area contributed by atoms with Crippen LogP contribution in [0.4, 0.5) is 0 Å². The molecule has 0 spiro atoms. The molecule has 1 atom stereocenters. The second-order valence-corrected chi connectivity index (χ2v) is 3.49. The van der Waals surface area contributed by atoms with E-state index in [0.717, 1.165) is 0 Å². The van der Waals surface area contributed by atoms with Gasteiger partial charge in [0, 0.05) is 12.4 Å². The minimum Gasteiger partial charge on any atom is -0.270 e. The molecule has 0 fully saturated rings. The van der Waals surface area contributed by atoms with E-state index in [0.29, 0.717) is 5.92 Å². The smallest absolute Gasteiger partial charge is 0.0226 e. The molecule has 0 aliphatic heterocycles. The molecule has 2 heteroatoms. The van der Waals surface area contributed by atoms with Gasteiger partial charge >= 0.3 is 0 Å². The molecule has 0 aromatic heterocycles. The summed E-state index contributed by atoms with van der Waals surface area (Å²) in [5.41, 5.74) is 0. The number of nitrogens with zero attached hydrogens (tertiary/aromatic N) is 1. The van der Waals surface area contributed by atoms with Crippen LogP contribution in [0.25, 0.3) is 0 Å². The minimum absolute atomic E-state index is 0.658. The van der Waals surface area contributed by atoms with E-state index in [9.17, 15) is 0 Å². The van der Waals surface area contributed by atoms with Crippen molar-refractivity contribution in [1.29, 1.82) is 0 Å². The van der Waals surface area contributed by atoms with Crippen LogP contribution in [0.1, 0.15) is 20.3 Å². The molecular formula is C9H17NS. The lowest BCUT2D eigenvalue weighted by molar-refractivity contribution is 0.704. The molecule has 0 aromatic rings. The Kier molecular flexibility index (Phi) is 7.69. The highest BCUT2D eigenvalue weighted by molar-refractivity contribution is 7.98. The third kappa shape index (κ3) is 7.66. The zero-order chi connectivity index (χ0) is 8.53. The molecule has 0 radical (unpaired) electrons. The maximum atomic E-state index is 4.01. The zero-order valence-electron chi connectivity index (χ0n) is 7.58. The molecule has 0 N–H and O–H groups in total. The minimum atomic E-state index is 0.658. The van der Waals surface area contributed by atoms with E-state index in [4.69, 9.17) is 0 Å². The summed E-state index contributed by atoms with van der Waals surface area (Å²) in [5, 5.41) is 0. The van der Waals surface area contributed by atoms with Crippen LogP contribution in [-0.4, -0.2) is 18.2 Å². The van der Waals surface area contributed by atoms with E-state index < -0.39 is 0 Å². The summed E-state index contributed by atoms with van der Waals surface area (Å²) in [6, 6.07) is 0. The highest BCUT2D eigenvalue weighted by Gasteiger charge is 1.93. The van der Waals surface area contributed by atoms with Crippen LogP contribution in [0, 0.1) is 5.92 Å². The topological polar surface area (TPSA) is 12.4 Å². The van der Waals surface area contributed by atoms with Crippen molar-refractivity contribution in [2.24, 2.45) is 10.9 Å². The van der Waals surface area contributed by atoms with Gasteiger partial charge in [0.2, 0.25) is 0 Å². The van der Waals surface area contributed by atoms with Gasteiger partial charge in [-0.2, -0.15) is 11.8 Å². The summed E-state index contributed by atoms with van der Waals surface area (Å²) in [4.78, 5) is 4.01. The lowest BCUT2D eigenvalue weighted by Gasteiger charge is -2.01. The van der Waals surface area contributed by atoms with E-state index in [1.807, 2.05) is 24.9 Å². The molecule has 0 heterocycles. The molecule has 1 unspecified atom stereocenters. The fraction of sp³-hybridized carbons (Fsp3) is 0.667. The Morgan fingerprint density at radius 2 is 2.27 bits per heavy atom. The van der Waals surface area contributed by atoms with Crippen LogP contribution in [0.15, 0.2) is 17.3 Å². The number of hydrogen-bond acceptors (Lipinski definition) is 2. The first kappa shape index (κ1) is 10.8. The number of thioether (sulfide) groups is 1. The molecule has 0 bridgehead atoms. The van der Waals surface area contributed by atoms with Crippen LogP contribution in [0.2, 0.25) is 0 Å². The van der Waals surface area contributed by atoms with Gasteiger partial charge in [0.15, 0.2) is 0 Å². The molecule has 0 aromatic carbocycles. The van der Waals surface area contributed by atoms with Crippen molar-refractivity contribution in [3.63, 3.8) is 0 Å². The number of allylic oxidation sites excluding steroid dienone is 1. The SMILES string of the molecule is C/C=N\C=C/C(C)CCSC. The first-order valence-electron chi connectivity index (χ1n) is 3.94. The van der Waals surface area contributed by atoms with Crippen LogP contribution in [0.3, 0.4) is 0 Å². The fourth-order valence-corrected chi connectivity index (χ4v) is 1.29. The Bertz CT molecular complexity index is 130. The fourth-order valence-electron chi connectivity index (χ4n) is 0.683. The Labute approximate surface area is 74.0 Å². The summed E-state index contributed by atoms with van der Waals surface area (Å²) < 4.78 is 0. The third-order valence-electron chi connectivity index (χ3n) is 1.43. The average molecular weight is 171 g/mol.